The fourth-order valence-corrected chi connectivity index (χ4v) is 5.73. The molecule has 1 aromatic heterocycles. The average molecular weight is 601 g/mol. The van der Waals surface area contributed by atoms with Gasteiger partial charge < -0.3 is 9.67 Å². The summed E-state index contributed by atoms with van der Waals surface area (Å²) >= 11 is 0. The lowest BCUT2D eigenvalue weighted by Crippen LogP contribution is -2.30. The summed E-state index contributed by atoms with van der Waals surface area (Å²) in [5, 5.41) is 14.2. The number of allylic oxidation sites excluding steroid dienone is 3. The molecule has 0 fully saturated rings. The fraction of sp³-hybridized carbons (Fsp3) is 0.0588. The minimum absolute atomic E-state index is 0.113. The Morgan fingerprint density at radius 1 is 0.682 bits per heavy atom. The molecular formula is C34H18F6N2O2. The third-order valence-electron chi connectivity index (χ3n) is 7.77. The number of halogens is 6. The van der Waals surface area contributed by atoms with E-state index in [0.29, 0.717) is 22.2 Å². The molecule has 0 unspecified atom stereocenters. The summed E-state index contributed by atoms with van der Waals surface area (Å²) in [5.74, 6) is -1.12. The van der Waals surface area contributed by atoms with E-state index in [-0.39, 0.29) is 33.7 Å². The normalized spacial score (nSPS) is 16.8. The smallest absolute Gasteiger partial charge is 0.416 e. The Morgan fingerprint density at radius 2 is 1.34 bits per heavy atom. The number of ketones is 1. The van der Waals surface area contributed by atoms with Crippen LogP contribution in [-0.4, -0.2) is 16.6 Å². The van der Waals surface area contributed by atoms with Crippen LogP contribution in [0.15, 0.2) is 115 Å². The molecule has 4 aromatic carbocycles. The molecule has 0 saturated carbocycles. The standard InChI is InChI=1S/C34H18F6N2O2/c35-33(36,37)19-7-5-9-21(15-19)41-17-25(23-11-1-3-13-27(23)41)29-31(43)30(32(29)44)26-18-42(28-14-4-2-12-24(26)28)22-10-6-8-20(16-22)34(38,39)40/h1-18H. The van der Waals surface area contributed by atoms with Crippen molar-refractivity contribution in [2.24, 2.45) is 0 Å². The van der Waals surface area contributed by atoms with Crippen molar-refractivity contribution in [3.05, 3.63) is 137 Å². The Bertz CT molecular complexity index is 2130. The van der Waals surface area contributed by atoms with Gasteiger partial charge in [-0.25, -0.2) is 0 Å². The molecule has 0 bridgehead atoms. The number of hydrogen-bond acceptors (Lipinski definition) is 2. The molecule has 4 nitrogen and oxygen atoms in total. The summed E-state index contributed by atoms with van der Waals surface area (Å²) in [6.07, 6.45) is -6.16. The van der Waals surface area contributed by atoms with Crippen molar-refractivity contribution in [2.45, 2.75) is 12.4 Å². The Labute approximate surface area is 245 Å². The van der Waals surface area contributed by atoms with Gasteiger partial charge in [0.25, 0.3) is 0 Å². The Morgan fingerprint density at radius 3 is 2.07 bits per heavy atom. The number of para-hydroxylation sites is 2. The molecule has 0 radical (unpaired) electrons. The monoisotopic (exact) mass is 600 g/mol. The molecule has 1 aliphatic heterocycles. The van der Waals surface area contributed by atoms with E-state index in [1.807, 2.05) is 0 Å². The number of aromatic nitrogens is 1. The van der Waals surface area contributed by atoms with Crippen LogP contribution in [0.3, 0.4) is 0 Å². The van der Waals surface area contributed by atoms with E-state index in [0.717, 1.165) is 24.3 Å². The quantitative estimate of drug-likeness (QED) is 0.121. The molecule has 7 rings (SSSR count). The lowest BCUT2D eigenvalue weighted by molar-refractivity contribution is -0.297. The summed E-state index contributed by atoms with van der Waals surface area (Å²) in [7, 11) is 0. The maximum Gasteiger partial charge on any atom is 0.416 e. The third-order valence-corrected chi connectivity index (χ3v) is 7.77. The predicted molar refractivity (Wildman–Crippen MR) is 153 cm³/mol. The second-order valence-corrected chi connectivity index (χ2v) is 10.4. The van der Waals surface area contributed by atoms with Crippen molar-refractivity contribution in [2.75, 3.05) is 0 Å². The van der Waals surface area contributed by atoms with Gasteiger partial charge in [-0.15, -0.1) is 0 Å². The van der Waals surface area contributed by atoms with E-state index in [2.05, 4.69) is 0 Å². The summed E-state index contributed by atoms with van der Waals surface area (Å²) in [6, 6.07) is 23.0. The van der Waals surface area contributed by atoms with E-state index in [1.165, 1.54) is 45.8 Å². The first-order chi connectivity index (χ1) is 20.9. The van der Waals surface area contributed by atoms with E-state index in [1.54, 1.807) is 48.5 Å². The highest BCUT2D eigenvalue weighted by Gasteiger charge is 2.39. The van der Waals surface area contributed by atoms with Gasteiger partial charge in [-0.2, -0.15) is 30.9 Å². The molecule has 218 valence electrons. The first-order valence-corrected chi connectivity index (χ1v) is 13.3. The molecule has 44 heavy (non-hydrogen) atoms. The highest BCUT2D eigenvalue weighted by molar-refractivity contribution is 6.45. The van der Waals surface area contributed by atoms with Gasteiger partial charge in [-0.1, -0.05) is 48.2 Å². The number of Topliss-reactive ketones (excluding diaryl/α,β-unsaturated/α-hetero) is 1. The number of rotatable bonds is 3. The second-order valence-electron chi connectivity index (χ2n) is 10.4. The number of carbonyl (C=O) groups excluding carboxylic acids is 1. The minimum atomic E-state index is -4.56. The van der Waals surface area contributed by atoms with Crippen LogP contribution < -0.4 is 9.68 Å². The van der Waals surface area contributed by atoms with Gasteiger partial charge in [0.2, 0.25) is 11.4 Å². The van der Waals surface area contributed by atoms with Crippen LogP contribution in [0, 0.1) is 0 Å². The fourth-order valence-electron chi connectivity index (χ4n) is 5.73. The number of carbonyl (C=O) groups is 1. The molecule has 1 aliphatic carbocycles. The second kappa shape index (κ2) is 9.57. The van der Waals surface area contributed by atoms with Crippen molar-refractivity contribution in [3.63, 3.8) is 0 Å². The van der Waals surface area contributed by atoms with Crippen LogP contribution in [-0.2, 0) is 17.1 Å². The Hall–Kier alpha value is -5.38. The number of alkyl halides is 6. The minimum Gasteiger partial charge on any atom is -0.871 e. The van der Waals surface area contributed by atoms with Crippen molar-refractivity contribution >= 4 is 45.4 Å². The lowest BCUT2D eigenvalue weighted by Gasteiger charge is -2.31. The van der Waals surface area contributed by atoms with E-state index >= 15 is 0 Å². The molecule has 0 atom stereocenters. The van der Waals surface area contributed by atoms with Gasteiger partial charge in [0, 0.05) is 52.2 Å². The molecule has 0 N–H and O–H groups in total. The molecule has 0 amide bonds. The van der Waals surface area contributed by atoms with Gasteiger partial charge in [-0.3, -0.25) is 4.79 Å². The average Bonchev–Trinajstić information content (AvgIpc) is 3.56. The van der Waals surface area contributed by atoms with E-state index in [4.69, 9.17) is 0 Å². The van der Waals surface area contributed by atoms with Crippen LogP contribution in [0.5, 0.6) is 0 Å². The number of nitrogens with zero attached hydrogens (tertiary/aromatic N) is 2. The summed E-state index contributed by atoms with van der Waals surface area (Å²) in [6.45, 7) is 0. The van der Waals surface area contributed by atoms with Crippen molar-refractivity contribution in [3.8, 4) is 5.69 Å². The first-order valence-electron chi connectivity index (χ1n) is 13.3. The zero-order chi connectivity index (χ0) is 31.0. The highest BCUT2D eigenvalue weighted by atomic mass is 19.4. The maximum atomic E-state index is 13.7. The topological polar surface area (TPSA) is 48.1 Å². The number of hydrogen-bond donors (Lipinski definition) is 0. The lowest BCUT2D eigenvalue weighted by atomic mass is 9.80. The van der Waals surface area contributed by atoms with Gasteiger partial charge >= 0.3 is 12.4 Å². The van der Waals surface area contributed by atoms with Gasteiger partial charge in [0.05, 0.1) is 27.8 Å². The molecule has 2 heterocycles. The molecule has 5 aromatic rings. The van der Waals surface area contributed by atoms with Gasteiger partial charge in [-0.05, 0) is 36.4 Å². The zero-order valence-corrected chi connectivity index (χ0v) is 22.4. The van der Waals surface area contributed by atoms with Crippen LogP contribution in [0.25, 0.3) is 27.7 Å². The van der Waals surface area contributed by atoms with Gasteiger partial charge in [0.15, 0.2) is 12.0 Å². The molecule has 2 aliphatic rings. The predicted octanol–water partition coefficient (Wildman–Crippen LogP) is 7.70. The third kappa shape index (κ3) is 4.24. The number of benzene rings is 4. The molecule has 10 heteroatoms. The highest BCUT2D eigenvalue weighted by Crippen LogP contribution is 2.45. The molecular weight excluding hydrogens is 582 g/mol. The maximum absolute atomic E-state index is 13.7. The Balaban J connectivity index is 1.38. The van der Waals surface area contributed by atoms with Crippen LogP contribution >= 0.6 is 0 Å². The van der Waals surface area contributed by atoms with Gasteiger partial charge in [0.1, 0.15) is 0 Å². The summed E-state index contributed by atoms with van der Waals surface area (Å²) in [4.78, 5) is 13.7. The zero-order valence-electron chi connectivity index (χ0n) is 22.4. The first kappa shape index (κ1) is 27.5. The largest absolute Gasteiger partial charge is 0.871 e. The van der Waals surface area contributed by atoms with E-state index in [9.17, 15) is 36.2 Å². The van der Waals surface area contributed by atoms with Crippen LogP contribution in [0.2, 0.25) is 0 Å². The summed E-state index contributed by atoms with van der Waals surface area (Å²) in [5.41, 5.74) is 0.565. The Kier molecular flexibility index (Phi) is 5.97. The van der Waals surface area contributed by atoms with E-state index < -0.39 is 35.0 Å². The van der Waals surface area contributed by atoms with Crippen LogP contribution in [0.4, 0.5) is 37.7 Å². The summed E-state index contributed by atoms with van der Waals surface area (Å²) < 4.78 is 83.6. The van der Waals surface area contributed by atoms with Crippen molar-refractivity contribution in [1.82, 2.24) is 9.14 Å². The number of fused-ring (bicyclic) bond motifs is 2. The van der Waals surface area contributed by atoms with Crippen molar-refractivity contribution in [1.29, 1.82) is 0 Å². The molecule has 0 spiro atoms. The van der Waals surface area contributed by atoms with Crippen LogP contribution in [0.1, 0.15) is 22.3 Å². The van der Waals surface area contributed by atoms with Crippen molar-refractivity contribution < 1.29 is 36.2 Å². The SMILES string of the molecule is O=C1C(c2cn(-c3cccc(C(F)(F)F)c3)c3ccccc23)=C([O-])/C1=C1/C=[N+](c2cccc(C(F)(F)F)c2)c2ccccc21. The molecule has 0 saturated heterocycles.